The van der Waals surface area contributed by atoms with Gasteiger partial charge in [0.1, 0.15) is 5.52 Å². The summed E-state index contributed by atoms with van der Waals surface area (Å²) >= 11 is 3.43. The summed E-state index contributed by atoms with van der Waals surface area (Å²) in [6.07, 6.45) is 7.37. The van der Waals surface area contributed by atoms with Crippen LogP contribution >= 0.6 is 15.9 Å². The second-order valence-corrected chi connectivity index (χ2v) is 6.67. The Balaban J connectivity index is 2.05. The number of pyridine rings is 2. The summed E-state index contributed by atoms with van der Waals surface area (Å²) in [7, 11) is 0. The van der Waals surface area contributed by atoms with Gasteiger partial charge in [0.25, 0.3) is 0 Å². The topological polar surface area (TPSA) is 37.8 Å². The molecule has 0 aliphatic carbocycles. The first-order chi connectivity index (χ1) is 9.56. The SMILES string of the molecule is CC(C)CCCC(C)Nc1ccnc2cc(Br)cnc12. The van der Waals surface area contributed by atoms with Gasteiger partial charge in [0, 0.05) is 22.9 Å². The fraction of sp³-hybridized carbons (Fsp3) is 0.500. The number of nitrogens with one attached hydrogen (secondary N) is 1. The first kappa shape index (κ1) is 15.2. The van der Waals surface area contributed by atoms with Gasteiger partial charge in [0.05, 0.1) is 11.2 Å². The van der Waals surface area contributed by atoms with E-state index in [4.69, 9.17) is 0 Å². The van der Waals surface area contributed by atoms with Crippen LogP contribution in [0, 0.1) is 5.92 Å². The van der Waals surface area contributed by atoms with Gasteiger partial charge in [-0.3, -0.25) is 9.97 Å². The van der Waals surface area contributed by atoms with E-state index < -0.39 is 0 Å². The molecule has 20 heavy (non-hydrogen) atoms. The molecule has 0 amide bonds. The van der Waals surface area contributed by atoms with Crippen LogP contribution in [0.4, 0.5) is 5.69 Å². The largest absolute Gasteiger partial charge is 0.381 e. The highest BCUT2D eigenvalue weighted by Gasteiger charge is 2.08. The maximum Gasteiger partial charge on any atom is 0.112 e. The minimum Gasteiger partial charge on any atom is -0.381 e. The van der Waals surface area contributed by atoms with E-state index in [0.29, 0.717) is 6.04 Å². The Morgan fingerprint density at radius 2 is 2.00 bits per heavy atom. The molecule has 0 saturated carbocycles. The molecule has 0 bridgehead atoms. The summed E-state index contributed by atoms with van der Waals surface area (Å²) in [5.74, 6) is 0.781. The van der Waals surface area contributed by atoms with Crippen molar-refractivity contribution >= 4 is 32.7 Å². The Morgan fingerprint density at radius 1 is 1.20 bits per heavy atom. The molecular formula is C16H22BrN3. The van der Waals surface area contributed by atoms with Crippen LogP contribution in [0.1, 0.15) is 40.0 Å². The lowest BCUT2D eigenvalue weighted by atomic mass is 10.0. The van der Waals surface area contributed by atoms with Crippen LogP contribution in [0.5, 0.6) is 0 Å². The zero-order chi connectivity index (χ0) is 14.5. The van der Waals surface area contributed by atoms with Crippen LogP contribution < -0.4 is 5.32 Å². The highest BCUT2D eigenvalue weighted by atomic mass is 79.9. The Hall–Kier alpha value is -1.16. The zero-order valence-electron chi connectivity index (χ0n) is 12.4. The van der Waals surface area contributed by atoms with Gasteiger partial charge in [-0.25, -0.2) is 0 Å². The second kappa shape index (κ2) is 7.02. The van der Waals surface area contributed by atoms with Gasteiger partial charge >= 0.3 is 0 Å². The molecule has 4 heteroatoms. The van der Waals surface area contributed by atoms with Gasteiger partial charge in [-0.1, -0.05) is 26.7 Å². The zero-order valence-corrected chi connectivity index (χ0v) is 13.9. The highest BCUT2D eigenvalue weighted by molar-refractivity contribution is 9.10. The summed E-state index contributed by atoms with van der Waals surface area (Å²) in [5.41, 5.74) is 2.92. The normalized spacial score (nSPS) is 12.8. The van der Waals surface area contributed by atoms with Gasteiger partial charge < -0.3 is 5.32 Å². The Kier molecular flexibility index (Phi) is 5.35. The third-order valence-electron chi connectivity index (χ3n) is 3.36. The highest BCUT2D eigenvalue weighted by Crippen LogP contribution is 2.23. The van der Waals surface area contributed by atoms with E-state index in [9.17, 15) is 0 Å². The molecule has 0 fully saturated rings. The van der Waals surface area contributed by atoms with E-state index in [-0.39, 0.29) is 0 Å². The summed E-state index contributed by atoms with van der Waals surface area (Å²) < 4.78 is 0.958. The van der Waals surface area contributed by atoms with Crippen molar-refractivity contribution in [1.29, 1.82) is 0 Å². The van der Waals surface area contributed by atoms with Gasteiger partial charge in [-0.15, -0.1) is 0 Å². The Bertz CT molecular complexity index is 569. The number of hydrogen-bond donors (Lipinski definition) is 1. The minimum absolute atomic E-state index is 0.449. The molecule has 1 N–H and O–H groups in total. The average Bonchev–Trinajstić information content (AvgIpc) is 2.38. The molecule has 0 aromatic carbocycles. The third kappa shape index (κ3) is 4.17. The standard InChI is InChI=1S/C16H22BrN3/c1-11(2)5-4-6-12(3)20-14-7-8-18-15-9-13(17)10-19-16(14)15/h7-12H,4-6H2,1-3H3,(H,18,20). The Morgan fingerprint density at radius 3 is 2.75 bits per heavy atom. The third-order valence-corrected chi connectivity index (χ3v) is 3.80. The van der Waals surface area contributed by atoms with Crippen molar-refractivity contribution in [3.05, 3.63) is 29.0 Å². The number of hydrogen-bond acceptors (Lipinski definition) is 3. The van der Waals surface area contributed by atoms with E-state index in [0.717, 1.165) is 27.1 Å². The summed E-state index contributed by atoms with van der Waals surface area (Å²) in [6, 6.07) is 4.45. The van der Waals surface area contributed by atoms with Crippen molar-refractivity contribution in [2.45, 2.75) is 46.1 Å². The quantitative estimate of drug-likeness (QED) is 0.805. The minimum atomic E-state index is 0.449. The fourth-order valence-corrected chi connectivity index (χ4v) is 2.61. The first-order valence-electron chi connectivity index (χ1n) is 7.23. The molecule has 0 spiro atoms. The van der Waals surface area contributed by atoms with Crippen LogP contribution in [0.15, 0.2) is 29.0 Å². The van der Waals surface area contributed by atoms with E-state index in [1.165, 1.54) is 19.3 Å². The second-order valence-electron chi connectivity index (χ2n) is 5.75. The summed E-state index contributed by atoms with van der Waals surface area (Å²) in [6.45, 7) is 6.78. The molecular weight excluding hydrogens is 314 g/mol. The molecule has 1 atom stereocenters. The lowest BCUT2D eigenvalue weighted by Gasteiger charge is -2.16. The average molecular weight is 336 g/mol. The maximum atomic E-state index is 4.47. The molecule has 2 rings (SSSR count). The smallest absolute Gasteiger partial charge is 0.112 e. The summed E-state index contributed by atoms with van der Waals surface area (Å²) in [4.78, 5) is 8.83. The molecule has 0 saturated heterocycles. The van der Waals surface area contributed by atoms with Crippen molar-refractivity contribution in [3.63, 3.8) is 0 Å². The van der Waals surface area contributed by atoms with Crippen LogP contribution in [0.25, 0.3) is 11.0 Å². The molecule has 0 radical (unpaired) electrons. The van der Waals surface area contributed by atoms with Crippen LogP contribution in [0.2, 0.25) is 0 Å². The lowest BCUT2D eigenvalue weighted by molar-refractivity contribution is 0.520. The van der Waals surface area contributed by atoms with Crippen molar-refractivity contribution in [3.8, 4) is 0 Å². The number of halogens is 1. The molecule has 2 heterocycles. The number of rotatable bonds is 6. The lowest BCUT2D eigenvalue weighted by Crippen LogP contribution is -2.15. The van der Waals surface area contributed by atoms with E-state index >= 15 is 0 Å². The van der Waals surface area contributed by atoms with E-state index in [2.05, 4.69) is 52.0 Å². The molecule has 2 aromatic heterocycles. The van der Waals surface area contributed by atoms with E-state index in [1.807, 2.05) is 24.5 Å². The molecule has 2 aromatic rings. The predicted octanol–water partition coefficient (Wildman–Crippen LogP) is 5.02. The van der Waals surface area contributed by atoms with E-state index in [1.54, 1.807) is 0 Å². The Labute approximate surface area is 129 Å². The maximum absolute atomic E-state index is 4.47. The summed E-state index contributed by atoms with van der Waals surface area (Å²) in [5, 5.41) is 3.56. The molecule has 0 aliphatic heterocycles. The molecule has 0 aliphatic rings. The molecule has 1 unspecified atom stereocenters. The monoisotopic (exact) mass is 335 g/mol. The van der Waals surface area contributed by atoms with Gasteiger partial charge in [-0.2, -0.15) is 0 Å². The molecule has 3 nitrogen and oxygen atoms in total. The van der Waals surface area contributed by atoms with Crippen LogP contribution in [-0.2, 0) is 0 Å². The van der Waals surface area contributed by atoms with Crippen molar-refractivity contribution in [2.24, 2.45) is 5.92 Å². The first-order valence-corrected chi connectivity index (χ1v) is 8.02. The number of fused-ring (bicyclic) bond motifs is 1. The van der Waals surface area contributed by atoms with Crippen molar-refractivity contribution in [1.82, 2.24) is 9.97 Å². The number of nitrogens with zero attached hydrogens (tertiary/aromatic N) is 2. The number of aromatic nitrogens is 2. The van der Waals surface area contributed by atoms with Crippen LogP contribution in [-0.4, -0.2) is 16.0 Å². The van der Waals surface area contributed by atoms with Crippen molar-refractivity contribution in [2.75, 3.05) is 5.32 Å². The van der Waals surface area contributed by atoms with Crippen molar-refractivity contribution < 1.29 is 0 Å². The van der Waals surface area contributed by atoms with Gasteiger partial charge in [0.15, 0.2) is 0 Å². The van der Waals surface area contributed by atoms with Crippen LogP contribution in [0.3, 0.4) is 0 Å². The predicted molar refractivity (Wildman–Crippen MR) is 89.0 cm³/mol. The number of anilines is 1. The van der Waals surface area contributed by atoms with Gasteiger partial charge in [0.2, 0.25) is 0 Å². The molecule has 108 valence electrons. The van der Waals surface area contributed by atoms with Gasteiger partial charge in [-0.05, 0) is 47.3 Å². The fourth-order valence-electron chi connectivity index (χ4n) is 2.29.